The molecule has 3 N–H and O–H groups in total. The van der Waals surface area contributed by atoms with E-state index in [0.717, 1.165) is 22.3 Å². The van der Waals surface area contributed by atoms with E-state index in [2.05, 4.69) is 27.9 Å². The maximum absolute atomic E-state index is 12.5. The lowest BCUT2D eigenvalue weighted by Gasteiger charge is -2.18. The second-order valence-corrected chi connectivity index (χ2v) is 8.17. The molecule has 0 bridgehead atoms. The van der Waals surface area contributed by atoms with Gasteiger partial charge in [-0.05, 0) is 28.7 Å². The van der Waals surface area contributed by atoms with Crippen LogP contribution in [0.4, 0.5) is 10.6 Å². The molecule has 1 atom stereocenters. The van der Waals surface area contributed by atoms with Crippen molar-refractivity contribution in [3.05, 3.63) is 71.4 Å². The van der Waals surface area contributed by atoms with Crippen LogP contribution in [0.5, 0.6) is 0 Å². The monoisotopic (exact) mass is 462 g/mol. The average molecular weight is 463 g/mol. The van der Waals surface area contributed by atoms with Crippen LogP contribution in [0.25, 0.3) is 11.1 Å². The van der Waals surface area contributed by atoms with Gasteiger partial charge in [-0.25, -0.2) is 9.59 Å². The van der Waals surface area contributed by atoms with Gasteiger partial charge in [-0.15, -0.1) is 0 Å². The molecule has 34 heavy (non-hydrogen) atoms. The summed E-state index contributed by atoms with van der Waals surface area (Å²) in [6.45, 7) is 2.04. The largest absolute Gasteiger partial charge is 0.477 e. The number of aryl methyl sites for hydroxylation is 1. The molecule has 4 rings (SSSR count). The number of amides is 2. The first-order chi connectivity index (χ1) is 16.4. The first kappa shape index (κ1) is 23.0. The number of ether oxygens (including phenoxy) is 1. The van der Waals surface area contributed by atoms with E-state index in [1.165, 1.54) is 17.8 Å². The molecule has 0 aliphatic heterocycles. The minimum absolute atomic E-state index is 0.000323. The summed E-state index contributed by atoms with van der Waals surface area (Å²) in [6, 6.07) is 17.0. The lowest BCUT2D eigenvalue weighted by molar-refractivity contribution is -0.116. The zero-order chi connectivity index (χ0) is 24.2. The summed E-state index contributed by atoms with van der Waals surface area (Å²) in [5, 5.41) is 18.4. The summed E-state index contributed by atoms with van der Waals surface area (Å²) < 4.78 is 6.73. The second-order valence-electron chi connectivity index (χ2n) is 8.17. The Hall–Kier alpha value is -4.14. The number of rotatable bonds is 8. The molecule has 0 fully saturated rings. The highest BCUT2D eigenvalue weighted by molar-refractivity contribution is 5.92. The summed E-state index contributed by atoms with van der Waals surface area (Å²) in [6.07, 6.45) is -0.0765. The maximum atomic E-state index is 12.5. The molecule has 2 aromatic carbocycles. The van der Waals surface area contributed by atoms with Gasteiger partial charge in [0.2, 0.25) is 5.91 Å². The van der Waals surface area contributed by atoms with Crippen molar-refractivity contribution >= 4 is 23.8 Å². The van der Waals surface area contributed by atoms with E-state index in [1.54, 1.807) is 0 Å². The molecule has 0 radical (unpaired) electrons. The molecule has 1 aliphatic rings. The SMILES string of the molecule is CC[C@@H](CC(=O)Nc1cc(C(=O)O)n(C)n1)NC(=O)OCC1c2ccccc2-c2ccccc21. The van der Waals surface area contributed by atoms with Crippen molar-refractivity contribution < 1.29 is 24.2 Å². The van der Waals surface area contributed by atoms with Gasteiger partial charge in [-0.2, -0.15) is 5.10 Å². The number of nitrogens with one attached hydrogen (secondary N) is 2. The summed E-state index contributed by atoms with van der Waals surface area (Å²) in [5.74, 6) is -1.44. The number of hydrogen-bond acceptors (Lipinski definition) is 5. The summed E-state index contributed by atoms with van der Waals surface area (Å²) in [4.78, 5) is 36.0. The van der Waals surface area contributed by atoms with Crippen molar-refractivity contribution in [1.82, 2.24) is 15.1 Å². The number of benzene rings is 2. The minimum Gasteiger partial charge on any atom is -0.477 e. The molecule has 0 spiro atoms. The van der Waals surface area contributed by atoms with Crippen LogP contribution >= 0.6 is 0 Å². The number of carbonyl (C=O) groups excluding carboxylic acids is 2. The van der Waals surface area contributed by atoms with Gasteiger partial charge in [0.15, 0.2) is 5.82 Å². The molecule has 2 amide bonds. The molecule has 9 nitrogen and oxygen atoms in total. The Morgan fingerprint density at radius 2 is 1.71 bits per heavy atom. The average Bonchev–Trinajstić information content (AvgIpc) is 3.34. The number of aromatic carboxylic acids is 1. The number of nitrogens with zero attached hydrogens (tertiary/aromatic N) is 2. The lowest BCUT2D eigenvalue weighted by atomic mass is 9.98. The van der Waals surface area contributed by atoms with E-state index in [4.69, 9.17) is 9.84 Å². The number of anilines is 1. The highest BCUT2D eigenvalue weighted by Crippen LogP contribution is 2.44. The molecule has 1 heterocycles. The van der Waals surface area contributed by atoms with Crippen molar-refractivity contribution in [2.45, 2.75) is 31.7 Å². The second kappa shape index (κ2) is 9.78. The first-order valence-corrected chi connectivity index (χ1v) is 11.1. The van der Waals surface area contributed by atoms with Crippen molar-refractivity contribution in [2.24, 2.45) is 7.05 Å². The van der Waals surface area contributed by atoms with E-state index < -0.39 is 18.1 Å². The fourth-order valence-corrected chi connectivity index (χ4v) is 4.25. The van der Waals surface area contributed by atoms with Gasteiger partial charge < -0.3 is 20.5 Å². The molecule has 1 aliphatic carbocycles. The van der Waals surface area contributed by atoms with Crippen molar-refractivity contribution in [2.75, 3.05) is 11.9 Å². The fraction of sp³-hybridized carbons (Fsp3) is 0.280. The molecule has 9 heteroatoms. The van der Waals surface area contributed by atoms with Crippen LogP contribution < -0.4 is 10.6 Å². The number of carboxylic acid groups (broad SMARTS) is 1. The van der Waals surface area contributed by atoms with E-state index >= 15 is 0 Å². The number of fused-ring (bicyclic) bond motifs is 3. The summed E-state index contributed by atoms with van der Waals surface area (Å²) >= 11 is 0. The summed E-state index contributed by atoms with van der Waals surface area (Å²) in [7, 11) is 1.48. The Kier molecular flexibility index (Phi) is 6.62. The third-order valence-corrected chi connectivity index (χ3v) is 5.96. The third kappa shape index (κ3) is 4.78. The van der Waals surface area contributed by atoms with Gasteiger partial charge in [0.1, 0.15) is 12.3 Å². The molecule has 1 aromatic heterocycles. The van der Waals surface area contributed by atoms with Crippen LogP contribution in [0.3, 0.4) is 0 Å². The fourth-order valence-electron chi connectivity index (χ4n) is 4.25. The molecular formula is C25H26N4O5. The third-order valence-electron chi connectivity index (χ3n) is 5.96. The van der Waals surface area contributed by atoms with Gasteiger partial charge in [0, 0.05) is 31.5 Å². The van der Waals surface area contributed by atoms with E-state index in [-0.39, 0.29) is 36.4 Å². The number of alkyl carbamates (subject to hydrolysis) is 1. The molecule has 0 saturated heterocycles. The van der Waals surface area contributed by atoms with Crippen LogP contribution in [0.1, 0.15) is 47.3 Å². The molecule has 0 unspecified atom stereocenters. The molecule has 3 aromatic rings. The minimum atomic E-state index is -1.14. The van der Waals surface area contributed by atoms with Crippen LogP contribution in [0, 0.1) is 0 Å². The van der Waals surface area contributed by atoms with Crippen molar-refractivity contribution in [1.29, 1.82) is 0 Å². The van der Waals surface area contributed by atoms with Crippen LogP contribution in [0.2, 0.25) is 0 Å². The van der Waals surface area contributed by atoms with Gasteiger partial charge in [0.25, 0.3) is 0 Å². The standard InChI is InChI=1S/C25H26N4O5/c1-3-15(12-23(30)27-22-13-21(24(31)32)29(2)28-22)26-25(33)34-14-20-18-10-6-4-8-16(18)17-9-5-7-11-19(17)20/h4-11,13,15,20H,3,12,14H2,1-2H3,(H,26,33)(H,31,32)(H,27,28,30)/t15-/m0/s1. The van der Waals surface area contributed by atoms with E-state index in [0.29, 0.717) is 6.42 Å². The molecule has 0 saturated carbocycles. The van der Waals surface area contributed by atoms with Crippen LogP contribution in [-0.2, 0) is 16.6 Å². The van der Waals surface area contributed by atoms with Gasteiger partial charge in [-0.3, -0.25) is 9.48 Å². The molecular weight excluding hydrogens is 436 g/mol. The molecule has 176 valence electrons. The topological polar surface area (TPSA) is 123 Å². The van der Waals surface area contributed by atoms with Gasteiger partial charge >= 0.3 is 12.1 Å². The van der Waals surface area contributed by atoms with Crippen LogP contribution in [0.15, 0.2) is 54.6 Å². The highest BCUT2D eigenvalue weighted by Gasteiger charge is 2.29. The van der Waals surface area contributed by atoms with Crippen LogP contribution in [-0.4, -0.2) is 45.5 Å². The summed E-state index contributed by atoms with van der Waals surface area (Å²) in [5.41, 5.74) is 4.50. The smallest absolute Gasteiger partial charge is 0.407 e. The lowest BCUT2D eigenvalue weighted by Crippen LogP contribution is -2.38. The van der Waals surface area contributed by atoms with Gasteiger partial charge in [0.05, 0.1) is 0 Å². The zero-order valence-corrected chi connectivity index (χ0v) is 18.9. The Labute approximate surface area is 196 Å². The highest BCUT2D eigenvalue weighted by atomic mass is 16.5. The Morgan fingerprint density at radius 3 is 2.26 bits per heavy atom. The van der Waals surface area contributed by atoms with E-state index in [1.807, 2.05) is 43.3 Å². The zero-order valence-electron chi connectivity index (χ0n) is 18.9. The predicted octanol–water partition coefficient (Wildman–Crippen LogP) is 3.76. The number of carbonyl (C=O) groups is 3. The maximum Gasteiger partial charge on any atom is 0.407 e. The van der Waals surface area contributed by atoms with Crippen molar-refractivity contribution in [3.63, 3.8) is 0 Å². The Morgan fingerprint density at radius 1 is 1.09 bits per heavy atom. The Balaban J connectivity index is 1.33. The first-order valence-electron chi connectivity index (χ1n) is 11.1. The number of aromatic nitrogens is 2. The number of hydrogen-bond donors (Lipinski definition) is 3. The Bertz CT molecular complexity index is 1190. The predicted molar refractivity (Wildman–Crippen MR) is 126 cm³/mol. The normalized spacial score (nSPS) is 13.0. The quantitative estimate of drug-likeness (QED) is 0.468. The van der Waals surface area contributed by atoms with Gasteiger partial charge in [-0.1, -0.05) is 55.5 Å². The number of carboxylic acids is 1. The van der Waals surface area contributed by atoms with E-state index in [9.17, 15) is 14.4 Å². The van der Waals surface area contributed by atoms with Crippen molar-refractivity contribution in [3.8, 4) is 11.1 Å².